The number of carbonyl (C=O) groups excluding carboxylic acids is 1. The number of nitrogens with zero attached hydrogens (tertiary/aromatic N) is 1. The van der Waals surface area contributed by atoms with Gasteiger partial charge < -0.3 is 4.74 Å². The molecule has 2 atom stereocenters. The van der Waals surface area contributed by atoms with Crippen LogP contribution in [0.4, 0.5) is 0 Å². The van der Waals surface area contributed by atoms with Crippen molar-refractivity contribution < 1.29 is 9.53 Å². The van der Waals surface area contributed by atoms with E-state index in [0.29, 0.717) is 25.1 Å². The molecule has 0 saturated carbocycles. The average Bonchev–Trinajstić information content (AvgIpc) is 2.47. The second-order valence-corrected chi connectivity index (χ2v) is 6.10. The third kappa shape index (κ3) is 5.98. The fraction of sp³-hybridized carbons (Fsp3) is 0.611. The van der Waals surface area contributed by atoms with E-state index in [0.717, 1.165) is 18.5 Å². The fourth-order valence-corrected chi connectivity index (χ4v) is 3.16. The van der Waals surface area contributed by atoms with Gasteiger partial charge in [-0.3, -0.25) is 9.69 Å². The second-order valence-electron chi connectivity index (χ2n) is 6.10. The Morgan fingerprint density at radius 2 is 1.82 bits per heavy atom. The Morgan fingerprint density at radius 1 is 1.18 bits per heavy atom. The molecule has 1 aliphatic heterocycles. The van der Waals surface area contributed by atoms with Gasteiger partial charge in [-0.15, -0.1) is 12.4 Å². The van der Waals surface area contributed by atoms with Gasteiger partial charge in [0.2, 0.25) is 0 Å². The number of rotatable bonds is 6. The summed E-state index contributed by atoms with van der Waals surface area (Å²) < 4.78 is 5.34. The molecule has 1 aliphatic rings. The molecule has 0 aliphatic carbocycles. The van der Waals surface area contributed by atoms with Crippen LogP contribution in [-0.4, -0.2) is 36.1 Å². The quantitative estimate of drug-likeness (QED) is 0.588. The molecule has 0 amide bonds. The molecule has 2 unspecified atom stereocenters. The Bertz CT molecular complexity index is 428. The summed E-state index contributed by atoms with van der Waals surface area (Å²) in [5, 5.41) is 0. The number of hydrogen-bond donors (Lipinski definition) is 0. The number of ether oxygens (including phenoxy) is 1. The molecule has 2 rings (SSSR count). The molecule has 1 heterocycles. The molecule has 22 heavy (non-hydrogen) atoms. The zero-order chi connectivity index (χ0) is 15.1. The van der Waals surface area contributed by atoms with Crippen LogP contribution >= 0.6 is 12.4 Å². The lowest BCUT2D eigenvalue weighted by atomic mass is 9.97. The molecule has 1 saturated heterocycles. The first-order valence-electron chi connectivity index (χ1n) is 8.12. The highest BCUT2D eigenvalue weighted by molar-refractivity contribution is 5.85. The summed E-state index contributed by atoms with van der Waals surface area (Å²) >= 11 is 0. The van der Waals surface area contributed by atoms with E-state index in [2.05, 4.69) is 18.7 Å². The van der Waals surface area contributed by atoms with Crippen molar-refractivity contribution in [3.8, 4) is 0 Å². The van der Waals surface area contributed by atoms with E-state index >= 15 is 0 Å². The van der Waals surface area contributed by atoms with Gasteiger partial charge in [-0.1, -0.05) is 36.8 Å². The zero-order valence-corrected chi connectivity index (χ0v) is 14.5. The average molecular weight is 326 g/mol. The molecule has 0 radical (unpaired) electrons. The zero-order valence-electron chi connectivity index (χ0n) is 13.7. The van der Waals surface area contributed by atoms with E-state index in [-0.39, 0.29) is 18.4 Å². The van der Waals surface area contributed by atoms with E-state index < -0.39 is 0 Å². The van der Waals surface area contributed by atoms with Gasteiger partial charge in [0, 0.05) is 18.6 Å². The second kappa shape index (κ2) is 9.86. The number of carbonyl (C=O) groups is 1. The van der Waals surface area contributed by atoms with E-state index in [1.807, 2.05) is 30.3 Å². The highest BCUT2D eigenvalue weighted by Crippen LogP contribution is 2.22. The predicted molar refractivity (Wildman–Crippen MR) is 92.5 cm³/mol. The highest BCUT2D eigenvalue weighted by atomic mass is 35.5. The molecule has 0 spiro atoms. The lowest BCUT2D eigenvalue weighted by Gasteiger charge is -2.38. The van der Waals surface area contributed by atoms with Crippen molar-refractivity contribution >= 4 is 18.4 Å². The minimum absolute atomic E-state index is 0. The maximum atomic E-state index is 11.8. The molecular weight excluding hydrogens is 298 g/mol. The lowest BCUT2D eigenvalue weighted by molar-refractivity contribution is -0.143. The standard InChI is InChI=1S/C18H27NO2.ClH/c1-15-8-6-9-16(2)19(15)12-7-13-21-18(20)14-17-10-4-3-5-11-17;/h3-5,10-11,15-16H,6-9,12-14H2,1-2H3;1H. The molecule has 4 heteroatoms. The van der Waals surface area contributed by atoms with E-state index in [9.17, 15) is 4.79 Å². The van der Waals surface area contributed by atoms with Crippen LogP contribution in [0.2, 0.25) is 0 Å². The lowest BCUT2D eigenvalue weighted by Crippen LogP contribution is -2.44. The van der Waals surface area contributed by atoms with Gasteiger partial charge in [0.15, 0.2) is 0 Å². The van der Waals surface area contributed by atoms with Crippen molar-refractivity contribution in [3.05, 3.63) is 35.9 Å². The molecule has 0 N–H and O–H groups in total. The number of halogens is 1. The number of hydrogen-bond acceptors (Lipinski definition) is 3. The van der Waals surface area contributed by atoms with Gasteiger partial charge >= 0.3 is 5.97 Å². The number of likely N-dealkylation sites (tertiary alicyclic amines) is 1. The molecule has 0 aromatic heterocycles. The molecular formula is C18H28ClNO2. The van der Waals surface area contributed by atoms with E-state index in [1.54, 1.807) is 0 Å². The van der Waals surface area contributed by atoms with Gasteiger partial charge in [-0.2, -0.15) is 0 Å². The minimum atomic E-state index is -0.124. The summed E-state index contributed by atoms with van der Waals surface area (Å²) in [7, 11) is 0. The largest absolute Gasteiger partial charge is 0.465 e. The van der Waals surface area contributed by atoms with Gasteiger partial charge in [-0.25, -0.2) is 0 Å². The van der Waals surface area contributed by atoms with Crippen LogP contribution in [0.15, 0.2) is 30.3 Å². The number of piperidine rings is 1. The summed E-state index contributed by atoms with van der Waals surface area (Å²) in [5.41, 5.74) is 1.01. The summed E-state index contributed by atoms with van der Waals surface area (Å²) in [6.45, 7) is 6.16. The van der Waals surface area contributed by atoms with Crippen LogP contribution in [0.1, 0.15) is 45.1 Å². The fourth-order valence-electron chi connectivity index (χ4n) is 3.16. The van der Waals surface area contributed by atoms with Gasteiger partial charge in [0.25, 0.3) is 0 Å². The van der Waals surface area contributed by atoms with Crippen molar-refractivity contribution in [3.63, 3.8) is 0 Å². The Kier molecular flexibility index (Phi) is 8.51. The van der Waals surface area contributed by atoms with Gasteiger partial charge in [0.05, 0.1) is 13.0 Å². The SMILES string of the molecule is CC1CCCC(C)N1CCCOC(=O)Cc1ccccc1.Cl. The van der Waals surface area contributed by atoms with Crippen LogP contribution in [0, 0.1) is 0 Å². The molecule has 3 nitrogen and oxygen atoms in total. The first-order chi connectivity index (χ1) is 10.2. The van der Waals surface area contributed by atoms with Crippen molar-refractivity contribution in [1.82, 2.24) is 4.90 Å². The summed E-state index contributed by atoms with van der Waals surface area (Å²) in [4.78, 5) is 14.3. The molecule has 1 aromatic rings. The Hall–Kier alpha value is -1.06. The maximum Gasteiger partial charge on any atom is 0.310 e. The van der Waals surface area contributed by atoms with Crippen LogP contribution in [0.3, 0.4) is 0 Å². The summed E-state index contributed by atoms with van der Waals surface area (Å²) in [6.07, 6.45) is 5.22. The number of esters is 1. The van der Waals surface area contributed by atoms with Crippen molar-refractivity contribution in [2.75, 3.05) is 13.2 Å². The smallest absolute Gasteiger partial charge is 0.310 e. The third-order valence-electron chi connectivity index (χ3n) is 4.39. The van der Waals surface area contributed by atoms with Crippen molar-refractivity contribution in [2.24, 2.45) is 0 Å². The van der Waals surface area contributed by atoms with Crippen molar-refractivity contribution in [2.45, 2.75) is 58.0 Å². The highest BCUT2D eigenvalue weighted by Gasteiger charge is 2.23. The predicted octanol–water partition coefficient (Wildman–Crippen LogP) is 3.85. The molecule has 0 bridgehead atoms. The van der Waals surface area contributed by atoms with Crippen LogP contribution in [0.25, 0.3) is 0 Å². The Morgan fingerprint density at radius 3 is 2.45 bits per heavy atom. The van der Waals surface area contributed by atoms with Crippen LogP contribution in [-0.2, 0) is 16.0 Å². The van der Waals surface area contributed by atoms with Crippen LogP contribution < -0.4 is 0 Å². The van der Waals surface area contributed by atoms with E-state index in [4.69, 9.17) is 4.74 Å². The first kappa shape index (κ1) is 19.0. The normalized spacial score (nSPS) is 21.9. The Balaban J connectivity index is 0.00000242. The summed E-state index contributed by atoms with van der Waals surface area (Å²) in [5.74, 6) is -0.124. The maximum absolute atomic E-state index is 11.8. The first-order valence-corrected chi connectivity index (χ1v) is 8.12. The molecule has 124 valence electrons. The topological polar surface area (TPSA) is 29.5 Å². The molecule has 1 fully saturated rings. The van der Waals surface area contributed by atoms with Crippen LogP contribution in [0.5, 0.6) is 0 Å². The van der Waals surface area contributed by atoms with Crippen molar-refractivity contribution in [1.29, 1.82) is 0 Å². The van der Waals surface area contributed by atoms with E-state index in [1.165, 1.54) is 19.3 Å². The van der Waals surface area contributed by atoms with Gasteiger partial charge in [0.1, 0.15) is 0 Å². The summed E-state index contributed by atoms with van der Waals surface area (Å²) in [6, 6.07) is 11.1. The minimum Gasteiger partial charge on any atom is -0.465 e. The molecule has 1 aromatic carbocycles. The third-order valence-corrected chi connectivity index (χ3v) is 4.39. The Labute approximate surface area is 140 Å². The van der Waals surface area contributed by atoms with Gasteiger partial charge in [-0.05, 0) is 38.7 Å². The monoisotopic (exact) mass is 325 g/mol. The number of benzene rings is 1.